The number of rotatable bonds is 4. The number of nitrogens with zero attached hydrogens (tertiary/aromatic N) is 3. The number of benzene rings is 1. The second-order valence-electron chi connectivity index (χ2n) is 6.59. The zero-order chi connectivity index (χ0) is 16.4. The summed E-state index contributed by atoms with van der Waals surface area (Å²) in [6.07, 6.45) is 1.16. The van der Waals surface area contributed by atoms with Crippen LogP contribution in [0.5, 0.6) is 0 Å². The first-order valence-corrected chi connectivity index (χ1v) is 8.61. The smallest absolute Gasteiger partial charge is 0.134 e. The Balaban J connectivity index is 1.36. The lowest BCUT2D eigenvalue weighted by Gasteiger charge is -2.20. The molecule has 24 heavy (non-hydrogen) atoms. The molecule has 0 spiro atoms. The van der Waals surface area contributed by atoms with E-state index in [1.165, 1.54) is 5.39 Å². The minimum atomic E-state index is 0.871. The van der Waals surface area contributed by atoms with E-state index in [2.05, 4.69) is 33.2 Å². The van der Waals surface area contributed by atoms with Crippen molar-refractivity contribution in [1.29, 1.82) is 0 Å². The van der Waals surface area contributed by atoms with Gasteiger partial charge in [0, 0.05) is 31.1 Å². The van der Waals surface area contributed by atoms with Crippen LogP contribution in [0.4, 0.5) is 0 Å². The molecule has 2 aromatic heterocycles. The largest absolute Gasteiger partial charge is 0.460 e. The van der Waals surface area contributed by atoms with E-state index in [1.807, 2.05) is 25.1 Å². The lowest BCUT2D eigenvalue weighted by molar-refractivity contribution is 0.233. The molecule has 0 unspecified atom stereocenters. The molecule has 0 atom stereocenters. The Hall–Kier alpha value is -2.11. The number of fused-ring (bicyclic) bond motifs is 1. The van der Waals surface area contributed by atoms with Crippen LogP contribution in [0, 0.1) is 6.92 Å². The Morgan fingerprint density at radius 2 is 1.79 bits per heavy atom. The molecule has 0 radical (unpaired) electrons. The molecule has 0 saturated carbocycles. The average molecular weight is 325 g/mol. The molecule has 126 valence electrons. The van der Waals surface area contributed by atoms with Crippen LogP contribution in [0.1, 0.15) is 23.6 Å². The second-order valence-corrected chi connectivity index (χ2v) is 6.59. The maximum absolute atomic E-state index is 5.96. The first kappa shape index (κ1) is 15.4. The third kappa shape index (κ3) is 3.52. The third-order valence-corrected chi connectivity index (χ3v) is 4.60. The lowest BCUT2D eigenvalue weighted by Crippen LogP contribution is -2.30. The van der Waals surface area contributed by atoms with E-state index in [0.29, 0.717) is 0 Å². The van der Waals surface area contributed by atoms with Gasteiger partial charge in [0.25, 0.3) is 0 Å². The van der Waals surface area contributed by atoms with Crippen LogP contribution in [0.2, 0.25) is 0 Å². The topological polar surface area (TPSA) is 45.7 Å². The molecular weight excluding hydrogens is 302 g/mol. The van der Waals surface area contributed by atoms with Crippen LogP contribution in [0.3, 0.4) is 0 Å². The van der Waals surface area contributed by atoms with Gasteiger partial charge in [0.2, 0.25) is 0 Å². The molecule has 5 nitrogen and oxygen atoms in total. The van der Waals surface area contributed by atoms with Gasteiger partial charge in [0.05, 0.1) is 12.2 Å². The van der Waals surface area contributed by atoms with Gasteiger partial charge in [0.1, 0.15) is 17.1 Å². The highest BCUT2D eigenvalue weighted by Gasteiger charge is 2.17. The molecule has 1 aromatic carbocycles. The number of aryl methyl sites for hydroxylation is 1. The van der Waals surface area contributed by atoms with Gasteiger partial charge in [-0.2, -0.15) is 0 Å². The zero-order valence-electron chi connectivity index (χ0n) is 14.1. The number of aromatic nitrogens is 1. The van der Waals surface area contributed by atoms with Crippen molar-refractivity contribution in [1.82, 2.24) is 15.0 Å². The molecule has 0 N–H and O–H groups in total. The fourth-order valence-corrected chi connectivity index (χ4v) is 3.40. The normalized spacial score (nSPS) is 17.4. The average Bonchev–Trinajstić information content (AvgIpc) is 3.10. The van der Waals surface area contributed by atoms with Crippen LogP contribution < -0.4 is 0 Å². The number of hydrogen-bond donors (Lipinski definition) is 0. The van der Waals surface area contributed by atoms with E-state index in [1.54, 1.807) is 0 Å². The van der Waals surface area contributed by atoms with Crippen molar-refractivity contribution in [3.8, 4) is 0 Å². The summed E-state index contributed by atoms with van der Waals surface area (Å²) in [7, 11) is 0. The molecule has 4 rings (SSSR count). The molecule has 1 saturated heterocycles. The van der Waals surface area contributed by atoms with Crippen LogP contribution >= 0.6 is 0 Å². The van der Waals surface area contributed by atoms with E-state index in [4.69, 9.17) is 8.94 Å². The molecule has 0 bridgehead atoms. The van der Waals surface area contributed by atoms with Crippen molar-refractivity contribution in [3.05, 3.63) is 53.6 Å². The van der Waals surface area contributed by atoms with E-state index in [9.17, 15) is 0 Å². The molecule has 1 aliphatic heterocycles. The highest BCUT2D eigenvalue weighted by molar-refractivity contribution is 5.77. The molecule has 5 heteroatoms. The van der Waals surface area contributed by atoms with Crippen molar-refractivity contribution < 1.29 is 8.94 Å². The molecule has 1 fully saturated rings. The van der Waals surface area contributed by atoms with Gasteiger partial charge < -0.3 is 8.94 Å². The summed E-state index contributed by atoms with van der Waals surface area (Å²) in [5.41, 5.74) is 2.00. The monoisotopic (exact) mass is 325 g/mol. The zero-order valence-corrected chi connectivity index (χ0v) is 14.1. The van der Waals surface area contributed by atoms with Gasteiger partial charge in [-0.25, -0.2) is 0 Å². The molecule has 0 aliphatic carbocycles. The van der Waals surface area contributed by atoms with Gasteiger partial charge in [0.15, 0.2) is 0 Å². The molecular formula is C19H23N3O2. The first-order valence-electron chi connectivity index (χ1n) is 8.61. The fraction of sp³-hybridized carbons (Fsp3) is 0.421. The van der Waals surface area contributed by atoms with Crippen LogP contribution in [-0.4, -0.2) is 41.1 Å². The Bertz CT molecular complexity index is 775. The summed E-state index contributed by atoms with van der Waals surface area (Å²) in [6.45, 7) is 7.99. The quantitative estimate of drug-likeness (QED) is 0.735. The molecule has 0 amide bonds. The third-order valence-electron chi connectivity index (χ3n) is 4.60. The SMILES string of the molecule is Cc1cc(CN2CCCN(Cc3cc4ccccc4o3)CC2)no1. The van der Waals surface area contributed by atoms with Gasteiger partial charge in [-0.1, -0.05) is 23.4 Å². The molecule has 3 aromatic rings. The van der Waals surface area contributed by atoms with E-state index in [0.717, 1.165) is 68.5 Å². The standard InChI is InChI=1S/C19H23N3O2/c1-15-11-17(20-24-15)13-21-7-4-8-22(10-9-21)14-18-12-16-5-2-3-6-19(16)23-18/h2-3,5-6,11-12H,4,7-10,13-14H2,1H3. The highest BCUT2D eigenvalue weighted by Crippen LogP contribution is 2.20. The summed E-state index contributed by atoms with van der Waals surface area (Å²) >= 11 is 0. The Morgan fingerprint density at radius 1 is 1.00 bits per heavy atom. The Morgan fingerprint density at radius 3 is 2.54 bits per heavy atom. The minimum absolute atomic E-state index is 0.871. The van der Waals surface area contributed by atoms with Crippen molar-refractivity contribution in [2.75, 3.05) is 26.2 Å². The van der Waals surface area contributed by atoms with Crippen molar-refractivity contribution in [3.63, 3.8) is 0 Å². The Labute approximate surface area is 141 Å². The van der Waals surface area contributed by atoms with E-state index >= 15 is 0 Å². The Kier molecular flexibility index (Phi) is 4.36. The predicted molar refractivity (Wildman–Crippen MR) is 92.6 cm³/mol. The summed E-state index contributed by atoms with van der Waals surface area (Å²) in [5.74, 6) is 1.93. The maximum atomic E-state index is 5.96. The van der Waals surface area contributed by atoms with Gasteiger partial charge in [-0.05, 0) is 38.6 Å². The lowest BCUT2D eigenvalue weighted by atomic mass is 10.2. The number of furan rings is 1. The molecule has 3 heterocycles. The van der Waals surface area contributed by atoms with Gasteiger partial charge in [-0.15, -0.1) is 0 Å². The maximum Gasteiger partial charge on any atom is 0.134 e. The summed E-state index contributed by atoms with van der Waals surface area (Å²) in [6, 6.07) is 12.4. The van der Waals surface area contributed by atoms with Crippen LogP contribution in [-0.2, 0) is 13.1 Å². The summed E-state index contributed by atoms with van der Waals surface area (Å²) in [5, 5.41) is 5.29. The van der Waals surface area contributed by atoms with Crippen molar-refractivity contribution in [2.45, 2.75) is 26.4 Å². The number of para-hydroxylation sites is 1. The van der Waals surface area contributed by atoms with Crippen LogP contribution in [0.15, 0.2) is 45.3 Å². The first-order chi connectivity index (χ1) is 11.8. The van der Waals surface area contributed by atoms with Gasteiger partial charge in [-0.3, -0.25) is 9.80 Å². The van der Waals surface area contributed by atoms with E-state index < -0.39 is 0 Å². The van der Waals surface area contributed by atoms with Crippen molar-refractivity contribution >= 4 is 11.0 Å². The van der Waals surface area contributed by atoms with E-state index in [-0.39, 0.29) is 0 Å². The van der Waals surface area contributed by atoms with Crippen LogP contribution in [0.25, 0.3) is 11.0 Å². The number of hydrogen-bond acceptors (Lipinski definition) is 5. The van der Waals surface area contributed by atoms with Gasteiger partial charge >= 0.3 is 0 Å². The highest BCUT2D eigenvalue weighted by atomic mass is 16.5. The van der Waals surface area contributed by atoms with Crippen molar-refractivity contribution in [2.24, 2.45) is 0 Å². The minimum Gasteiger partial charge on any atom is -0.460 e. The molecule has 1 aliphatic rings. The fourth-order valence-electron chi connectivity index (χ4n) is 3.40. The summed E-state index contributed by atoms with van der Waals surface area (Å²) in [4.78, 5) is 4.93. The summed E-state index contributed by atoms with van der Waals surface area (Å²) < 4.78 is 11.1. The predicted octanol–water partition coefficient (Wildman–Crippen LogP) is 3.44. The second kappa shape index (κ2) is 6.79.